The molecular formula is C18H25NO5. The fourth-order valence-corrected chi connectivity index (χ4v) is 2.62. The van der Waals surface area contributed by atoms with Crippen LogP contribution in [0, 0.1) is 5.92 Å². The average Bonchev–Trinajstić information content (AvgIpc) is 3.10. The summed E-state index contributed by atoms with van der Waals surface area (Å²) in [5, 5.41) is 12.0. The van der Waals surface area contributed by atoms with Crippen LogP contribution in [0.3, 0.4) is 0 Å². The van der Waals surface area contributed by atoms with Gasteiger partial charge in [-0.1, -0.05) is 30.3 Å². The van der Waals surface area contributed by atoms with Crippen LogP contribution in [-0.4, -0.2) is 48.9 Å². The maximum absolute atomic E-state index is 12.1. The number of hydrogen-bond acceptors (Lipinski definition) is 4. The lowest BCUT2D eigenvalue weighted by Gasteiger charge is -2.18. The Morgan fingerprint density at radius 1 is 1.38 bits per heavy atom. The third-order valence-electron chi connectivity index (χ3n) is 4.12. The van der Waals surface area contributed by atoms with Crippen LogP contribution in [0.1, 0.15) is 25.3 Å². The molecule has 1 fully saturated rings. The van der Waals surface area contributed by atoms with Gasteiger partial charge in [-0.05, 0) is 31.7 Å². The second-order valence-corrected chi connectivity index (χ2v) is 6.08. The Hall–Kier alpha value is -1.92. The molecule has 6 nitrogen and oxygen atoms in total. The van der Waals surface area contributed by atoms with Crippen LogP contribution >= 0.6 is 0 Å². The molecule has 0 bridgehead atoms. The van der Waals surface area contributed by atoms with Gasteiger partial charge >= 0.3 is 5.97 Å². The van der Waals surface area contributed by atoms with E-state index in [2.05, 4.69) is 5.32 Å². The topological polar surface area (TPSA) is 84.9 Å². The number of ether oxygens (including phenoxy) is 2. The van der Waals surface area contributed by atoms with Gasteiger partial charge in [0.15, 0.2) is 0 Å². The Morgan fingerprint density at radius 2 is 2.12 bits per heavy atom. The van der Waals surface area contributed by atoms with E-state index >= 15 is 0 Å². The summed E-state index contributed by atoms with van der Waals surface area (Å²) >= 11 is 0. The first-order valence-electron chi connectivity index (χ1n) is 8.34. The maximum atomic E-state index is 12.1. The van der Waals surface area contributed by atoms with Gasteiger partial charge in [0.05, 0.1) is 18.6 Å². The van der Waals surface area contributed by atoms with Crippen molar-refractivity contribution in [3.05, 3.63) is 35.9 Å². The van der Waals surface area contributed by atoms with Crippen LogP contribution in [0.25, 0.3) is 0 Å². The molecular weight excluding hydrogens is 310 g/mol. The number of hydrogen-bond donors (Lipinski definition) is 2. The number of carboxylic acid groups (broad SMARTS) is 1. The smallest absolute Gasteiger partial charge is 0.308 e. The summed E-state index contributed by atoms with van der Waals surface area (Å²) in [6.45, 7) is 2.88. The standard InChI is InChI=1S/C18H25NO5/c1-13(24-12-16-8-5-9-23-16)17(20)19-11-15(18(21)22)10-14-6-3-2-4-7-14/h2-4,6-7,13,15-16H,5,8-12H2,1H3,(H,19,20)(H,21,22). The summed E-state index contributed by atoms with van der Waals surface area (Å²) in [4.78, 5) is 23.4. The Labute approximate surface area is 142 Å². The molecule has 0 radical (unpaired) electrons. The van der Waals surface area contributed by atoms with E-state index in [1.165, 1.54) is 0 Å². The third kappa shape index (κ3) is 5.94. The van der Waals surface area contributed by atoms with Crippen LogP contribution < -0.4 is 5.32 Å². The lowest BCUT2D eigenvalue weighted by molar-refractivity contribution is -0.142. The fraction of sp³-hybridized carbons (Fsp3) is 0.556. The van der Waals surface area contributed by atoms with E-state index in [1.807, 2.05) is 30.3 Å². The first kappa shape index (κ1) is 18.4. The molecule has 2 rings (SSSR count). The van der Waals surface area contributed by atoms with Crippen molar-refractivity contribution in [1.82, 2.24) is 5.32 Å². The Morgan fingerprint density at radius 3 is 2.75 bits per heavy atom. The van der Waals surface area contributed by atoms with Gasteiger partial charge < -0.3 is 19.9 Å². The van der Waals surface area contributed by atoms with Crippen LogP contribution in [0.2, 0.25) is 0 Å². The minimum absolute atomic E-state index is 0.0603. The largest absolute Gasteiger partial charge is 0.481 e. The van der Waals surface area contributed by atoms with E-state index in [0.29, 0.717) is 13.0 Å². The van der Waals surface area contributed by atoms with E-state index in [1.54, 1.807) is 6.92 Å². The molecule has 0 aromatic heterocycles. The van der Waals surface area contributed by atoms with Gasteiger partial charge in [0.1, 0.15) is 6.10 Å². The molecule has 0 aliphatic carbocycles. The Kier molecular flexibility index (Phi) is 7.21. The van der Waals surface area contributed by atoms with Crippen LogP contribution in [-0.2, 0) is 25.5 Å². The third-order valence-corrected chi connectivity index (χ3v) is 4.12. The van der Waals surface area contributed by atoms with Gasteiger partial charge in [0.2, 0.25) is 5.91 Å². The van der Waals surface area contributed by atoms with Crippen LogP contribution in [0.15, 0.2) is 30.3 Å². The summed E-state index contributed by atoms with van der Waals surface area (Å²) in [7, 11) is 0. The maximum Gasteiger partial charge on any atom is 0.308 e. The highest BCUT2D eigenvalue weighted by Gasteiger charge is 2.22. The number of benzene rings is 1. The van der Waals surface area contributed by atoms with Crippen molar-refractivity contribution in [2.24, 2.45) is 5.92 Å². The van der Waals surface area contributed by atoms with Gasteiger partial charge in [-0.2, -0.15) is 0 Å². The molecule has 132 valence electrons. The molecule has 1 heterocycles. The lowest BCUT2D eigenvalue weighted by atomic mass is 9.99. The number of carbonyl (C=O) groups excluding carboxylic acids is 1. The highest BCUT2D eigenvalue weighted by Crippen LogP contribution is 2.13. The van der Waals surface area contributed by atoms with E-state index in [9.17, 15) is 14.7 Å². The molecule has 2 N–H and O–H groups in total. The number of aliphatic carboxylic acids is 1. The van der Waals surface area contributed by atoms with Crippen LogP contribution in [0.5, 0.6) is 0 Å². The minimum Gasteiger partial charge on any atom is -0.481 e. The normalized spacial score (nSPS) is 19.6. The number of carboxylic acids is 1. The number of amides is 1. The Balaban J connectivity index is 1.75. The van der Waals surface area contributed by atoms with Gasteiger partial charge in [0, 0.05) is 13.2 Å². The molecule has 1 aliphatic rings. The molecule has 1 saturated heterocycles. The molecule has 0 saturated carbocycles. The fourth-order valence-electron chi connectivity index (χ4n) is 2.62. The lowest BCUT2D eigenvalue weighted by Crippen LogP contribution is -2.40. The molecule has 6 heteroatoms. The number of nitrogens with one attached hydrogen (secondary N) is 1. The second-order valence-electron chi connectivity index (χ2n) is 6.08. The predicted molar refractivity (Wildman–Crippen MR) is 88.7 cm³/mol. The first-order valence-corrected chi connectivity index (χ1v) is 8.34. The summed E-state index contributed by atoms with van der Waals surface area (Å²) in [5.41, 5.74) is 0.932. The Bertz CT molecular complexity index is 527. The van der Waals surface area contributed by atoms with Crippen molar-refractivity contribution in [1.29, 1.82) is 0 Å². The quantitative estimate of drug-likeness (QED) is 0.716. The zero-order chi connectivity index (χ0) is 17.4. The monoisotopic (exact) mass is 335 g/mol. The zero-order valence-corrected chi connectivity index (χ0v) is 13.9. The minimum atomic E-state index is -0.924. The molecule has 1 aliphatic heterocycles. The van der Waals surface area contributed by atoms with Crippen molar-refractivity contribution < 1.29 is 24.2 Å². The highest BCUT2D eigenvalue weighted by molar-refractivity contribution is 5.81. The summed E-state index contributed by atoms with van der Waals surface area (Å²) in [6.07, 6.45) is 1.79. The van der Waals surface area contributed by atoms with Gasteiger partial charge in [0.25, 0.3) is 0 Å². The molecule has 1 aromatic carbocycles. The molecule has 1 aromatic rings. The van der Waals surface area contributed by atoms with E-state index < -0.39 is 18.0 Å². The summed E-state index contributed by atoms with van der Waals surface area (Å²) in [5.74, 6) is -1.89. The average molecular weight is 335 g/mol. The molecule has 3 atom stereocenters. The molecule has 1 amide bonds. The van der Waals surface area contributed by atoms with Crippen molar-refractivity contribution in [3.63, 3.8) is 0 Å². The summed E-state index contributed by atoms with van der Waals surface area (Å²) in [6, 6.07) is 9.38. The molecule has 3 unspecified atom stereocenters. The molecule has 0 spiro atoms. The van der Waals surface area contributed by atoms with E-state index in [4.69, 9.17) is 9.47 Å². The van der Waals surface area contributed by atoms with Crippen molar-refractivity contribution in [2.75, 3.05) is 19.8 Å². The van der Waals surface area contributed by atoms with Gasteiger partial charge in [-0.25, -0.2) is 0 Å². The van der Waals surface area contributed by atoms with Crippen LogP contribution in [0.4, 0.5) is 0 Å². The highest BCUT2D eigenvalue weighted by atomic mass is 16.5. The SMILES string of the molecule is CC(OCC1CCCO1)C(=O)NCC(Cc1ccccc1)C(=O)O. The first-order chi connectivity index (χ1) is 11.6. The van der Waals surface area contributed by atoms with Crippen molar-refractivity contribution >= 4 is 11.9 Å². The van der Waals surface area contributed by atoms with Crippen molar-refractivity contribution in [3.8, 4) is 0 Å². The van der Waals surface area contributed by atoms with Gasteiger partial charge in [-0.15, -0.1) is 0 Å². The van der Waals surface area contributed by atoms with E-state index in [0.717, 1.165) is 25.0 Å². The summed E-state index contributed by atoms with van der Waals surface area (Å²) < 4.78 is 11.0. The number of carbonyl (C=O) groups is 2. The molecule has 24 heavy (non-hydrogen) atoms. The number of rotatable bonds is 9. The van der Waals surface area contributed by atoms with E-state index in [-0.39, 0.29) is 18.6 Å². The predicted octanol–water partition coefficient (Wildman–Crippen LogP) is 1.63. The van der Waals surface area contributed by atoms with Crippen molar-refractivity contribution in [2.45, 2.75) is 38.4 Å². The van der Waals surface area contributed by atoms with Gasteiger partial charge in [-0.3, -0.25) is 9.59 Å². The zero-order valence-electron chi connectivity index (χ0n) is 13.9. The second kappa shape index (κ2) is 9.39.